The molecule has 1 aliphatic carbocycles. The van der Waals surface area contributed by atoms with Crippen LogP contribution >= 0.6 is 0 Å². The fourth-order valence-electron chi connectivity index (χ4n) is 5.18. The number of rotatable bonds is 6. The van der Waals surface area contributed by atoms with Crippen molar-refractivity contribution in [1.29, 1.82) is 0 Å². The number of hydrogen-bond acceptors (Lipinski definition) is 4. The molecule has 0 bridgehead atoms. The van der Waals surface area contributed by atoms with Crippen molar-refractivity contribution in [2.45, 2.75) is 70.4 Å². The van der Waals surface area contributed by atoms with Crippen molar-refractivity contribution < 1.29 is 4.79 Å². The number of hydrogen-bond donors (Lipinski definition) is 1. The molecular weight excluding hydrogens is 376 g/mol. The van der Waals surface area contributed by atoms with E-state index in [1.165, 1.54) is 32.1 Å². The third kappa shape index (κ3) is 4.11. The molecule has 1 N–H and O–H groups in total. The van der Waals surface area contributed by atoms with E-state index in [0.29, 0.717) is 6.42 Å². The number of piperidine rings is 1. The molecule has 1 saturated heterocycles. The zero-order valence-electron chi connectivity index (χ0n) is 17.5. The molecule has 1 unspecified atom stereocenters. The molecule has 3 aromatic heterocycles. The number of carbonyl (C=O) groups excluding carboxylic acids is 1. The van der Waals surface area contributed by atoms with E-state index in [9.17, 15) is 4.79 Å². The standard InChI is InChI=1S/C23H30N6O/c30-22(12-18-14-25-23-21(18)9-5-10-24-23)29-11-4-3-8-20(29)13-19-16-28(27-26-19)15-17-6-1-2-7-17/h5,9-10,14,16-17,20H,1-4,6-8,11-13,15H2,(H,24,25). The van der Waals surface area contributed by atoms with Gasteiger partial charge in [0, 0.05) is 49.5 Å². The Bertz CT molecular complexity index is 1000. The first-order chi connectivity index (χ1) is 14.8. The molecule has 158 valence electrons. The molecule has 4 heterocycles. The van der Waals surface area contributed by atoms with Crippen LogP contribution in [0.2, 0.25) is 0 Å². The van der Waals surface area contributed by atoms with Gasteiger partial charge < -0.3 is 9.88 Å². The fourth-order valence-corrected chi connectivity index (χ4v) is 5.18. The Morgan fingerprint density at radius 3 is 2.93 bits per heavy atom. The van der Waals surface area contributed by atoms with E-state index in [1.54, 1.807) is 6.20 Å². The van der Waals surface area contributed by atoms with Gasteiger partial charge in [-0.15, -0.1) is 5.10 Å². The van der Waals surface area contributed by atoms with Crippen molar-refractivity contribution in [2.75, 3.05) is 6.54 Å². The zero-order valence-corrected chi connectivity index (χ0v) is 17.5. The summed E-state index contributed by atoms with van der Waals surface area (Å²) in [7, 11) is 0. The first-order valence-electron chi connectivity index (χ1n) is 11.4. The molecule has 7 heteroatoms. The van der Waals surface area contributed by atoms with Gasteiger partial charge in [-0.3, -0.25) is 9.48 Å². The van der Waals surface area contributed by atoms with Crippen molar-refractivity contribution in [3.05, 3.63) is 42.0 Å². The van der Waals surface area contributed by atoms with Crippen molar-refractivity contribution in [3.8, 4) is 0 Å². The molecule has 3 aromatic rings. The van der Waals surface area contributed by atoms with Crippen molar-refractivity contribution in [2.24, 2.45) is 5.92 Å². The number of nitrogens with one attached hydrogen (secondary N) is 1. The number of aromatic nitrogens is 5. The normalized spacial score (nSPS) is 20.3. The lowest BCUT2D eigenvalue weighted by atomic mass is 9.97. The molecule has 7 nitrogen and oxygen atoms in total. The largest absolute Gasteiger partial charge is 0.346 e. The highest BCUT2D eigenvalue weighted by Gasteiger charge is 2.28. The van der Waals surface area contributed by atoms with Gasteiger partial charge in [0.2, 0.25) is 5.91 Å². The van der Waals surface area contributed by atoms with E-state index in [4.69, 9.17) is 0 Å². The van der Waals surface area contributed by atoms with Crippen LogP contribution in [0.4, 0.5) is 0 Å². The predicted octanol–water partition coefficient (Wildman–Crippen LogP) is 3.51. The Balaban J connectivity index is 1.25. The second-order valence-electron chi connectivity index (χ2n) is 8.91. The van der Waals surface area contributed by atoms with Crippen LogP contribution in [0, 0.1) is 5.92 Å². The quantitative estimate of drug-likeness (QED) is 0.679. The molecule has 30 heavy (non-hydrogen) atoms. The number of amides is 1. The summed E-state index contributed by atoms with van der Waals surface area (Å²) in [5.41, 5.74) is 2.87. The smallest absolute Gasteiger partial charge is 0.227 e. The lowest BCUT2D eigenvalue weighted by Gasteiger charge is -2.35. The topological polar surface area (TPSA) is 79.7 Å². The van der Waals surface area contributed by atoms with Gasteiger partial charge in [0.15, 0.2) is 0 Å². The van der Waals surface area contributed by atoms with Crippen LogP contribution in [0.3, 0.4) is 0 Å². The van der Waals surface area contributed by atoms with Gasteiger partial charge in [-0.1, -0.05) is 18.1 Å². The highest BCUT2D eigenvalue weighted by atomic mass is 16.2. The van der Waals surface area contributed by atoms with Crippen LogP contribution in [0.15, 0.2) is 30.7 Å². The SMILES string of the molecule is O=C(Cc1c[nH]c2ncccc12)N1CCCCC1Cc1cn(CC2CCCC2)nn1. The van der Waals surface area contributed by atoms with Crippen LogP contribution in [0.5, 0.6) is 0 Å². The number of likely N-dealkylation sites (tertiary alicyclic amines) is 1. The summed E-state index contributed by atoms with van der Waals surface area (Å²) >= 11 is 0. The van der Waals surface area contributed by atoms with E-state index >= 15 is 0 Å². The molecule has 1 saturated carbocycles. The minimum atomic E-state index is 0.197. The molecule has 5 rings (SSSR count). The summed E-state index contributed by atoms with van der Waals surface area (Å²) in [5.74, 6) is 0.945. The van der Waals surface area contributed by atoms with Gasteiger partial charge in [0.1, 0.15) is 5.65 Å². The molecule has 0 radical (unpaired) electrons. The van der Waals surface area contributed by atoms with E-state index in [-0.39, 0.29) is 11.9 Å². The van der Waals surface area contributed by atoms with Gasteiger partial charge in [-0.05, 0) is 55.7 Å². The summed E-state index contributed by atoms with van der Waals surface area (Å²) in [6, 6.07) is 4.16. The number of carbonyl (C=O) groups is 1. The maximum atomic E-state index is 13.2. The highest BCUT2D eigenvalue weighted by molar-refractivity contribution is 5.87. The van der Waals surface area contributed by atoms with E-state index in [2.05, 4.69) is 31.4 Å². The Kier molecular flexibility index (Phi) is 5.51. The molecule has 1 amide bonds. The Morgan fingerprint density at radius 2 is 2.03 bits per heavy atom. The highest BCUT2D eigenvalue weighted by Crippen LogP contribution is 2.26. The average Bonchev–Trinajstić information content (AvgIpc) is 3.52. The maximum absolute atomic E-state index is 13.2. The third-order valence-corrected chi connectivity index (χ3v) is 6.78. The Hall–Kier alpha value is -2.70. The molecule has 0 aromatic carbocycles. The molecule has 0 spiro atoms. The van der Waals surface area contributed by atoms with Gasteiger partial charge in [0.05, 0.1) is 12.1 Å². The molecule has 2 aliphatic rings. The summed E-state index contributed by atoms with van der Waals surface area (Å²) < 4.78 is 2.01. The van der Waals surface area contributed by atoms with Crippen LogP contribution in [-0.2, 0) is 24.2 Å². The second kappa shape index (κ2) is 8.58. The number of H-pyrrole nitrogens is 1. The van der Waals surface area contributed by atoms with Crippen LogP contribution in [-0.4, -0.2) is 48.4 Å². The summed E-state index contributed by atoms with van der Waals surface area (Å²) in [6.07, 6.45) is 15.6. The summed E-state index contributed by atoms with van der Waals surface area (Å²) in [4.78, 5) is 22.8. The predicted molar refractivity (Wildman–Crippen MR) is 115 cm³/mol. The minimum absolute atomic E-state index is 0.197. The number of aromatic amines is 1. The van der Waals surface area contributed by atoms with Crippen LogP contribution in [0.1, 0.15) is 56.2 Å². The van der Waals surface area contributed by atoms with Crippen molar-refractivity contribution in [1.82, 2.24) is 29.9 Å². The van der Waals surface area contributed by atoms with Crippen molar-refractivity contribution >= 4 is 16.9 Å². The summed E-state index contributed by atoms with van der Waals surface area (Å²) in [6.45, 7) is 1.81. The van der Waals surface area contributed by atoms with Gasteiger partial charge >= 0.3 is 0 Å². The third-order valence-electron chi connectivity index (χ3n) is 6.78. The monoisotopic (exact) mass is 406 g/mol. The lowest BCUT2D eigenvalue weighted by Crippen LogP contribution is -2.45. The molecule has 1 atom stereocenters. The maximum Gasteiger partial charge on any atom is 0.227 e. The van der Waals surface area contributed by atoms with E-state index < -0.39 is 0 Å². The minimum Gasteiger partial charge on any atom is -0.346 e. The molecular formula is C23H30N6O. The lowest BCUT2D eigenvalue weighted by molar-refractivity contribution is -0.134. The number of pyridine rings is 1. The zero-order chi connectivity index (χ0) is 20.3. The van der Waals surface area contributed by atoms with Gasteiger partial charge in [-0.2, -0.15) is 0 Å². The second-order valence-corrected chi connectivity index (χ2v) is 8.91. The van der Waals surface area contributed by atoms with Crippen molar-refractivity contribution in [3.63, 3.8) is 0 Å². The van der Waals surface area contributed by atoms with Gasteiger partial charge in [0.25, 0.3) is 0 Å². The molecule has 1 aliphatic heterocycles. The first-order valence-corrected chi connectivity index (χ1v) is 11.4. The Morgan fingerprint density at radius 1 is 1.17 bits per heavy atom. The van der Waals surface area contributed by atoms with Crippen LogP contribution < -0.4 is 0 Å². The Labute approximate surface area is 176 Å². The number of nitrogens with zero attached hydrogens (tertiary/aromatic N) is 5. The molecule has 2 fully saturated rings. The number of fused-ring (bicyclic) bond motifs is 1. The van der Waals surface area contributed by atoms with E-state index in [1.807, 2.05) is 23.0 Å². The summed E-state index contributed by atoms with van der Waals surface area (Å²) in [5, 5.41) is 9.82. The van der Waals surface area contributed by atoms with E-state index in [0.717, 1.165) is 60.6 Å². The average molecular weight is 407 g/mol. The fraction of sp³-hybridized carbons (Fsp3) is 0.565. The first kappa shape index (κ1) is 19.3. The van der Waals surface area contributed by atoms with Gasteiger partial charge in [-0.25, -0.2) is 4.98 Å². The van der Waals surface area contributed by atoms with Crippen LogP contribution in [0.25, 0.3) is 11.0 Å².